The highest BCUT2D eigenvalue weighted by Crippen LogP contribution is 2.26. The van der Waals surface area contributed by atoms with E-state index in [0.29, 0.717) is 11.9 Å². The Balaban J connectivity index is 1.69. The van der Waals surface area contributed by atoms with Crippen LogP contribution in [0.25, 0.3) is 0 Å². The minimum Gasteiger partial charge on any atom is -0.406 e. The second-order valence-electron chi connectivity index (χ2n) is 5.84. The first kappa shape index (κ1) is 15.3. The summed E-state index contributed by atoms with van der Waals surface area (Å²) in [5, 5.41) is 14.8. The Hall–Kier alpha value is -1.10. The van der Waals surface area contributed by atoms with E-state index >= 15 is 0 Å². The van der Waals surface area contributed by atoms with Gasteiger partial charge in [-0.25, -0.2) is 0 Å². The molecular formula is C15H28N4O. The van der Waals surface area contributed by atoms with Crippen molar-refractivity contribution in [2.45, 2.75) is 64.8 Å². The average Bonchev–Trinajstić information content (AvgIpc) is 2.95. The largest absolute Gasteiger partial charge is 0.406 e. The molecule has 1 aliphatic rings. The lowest BCUT2D eigenvalue weighted by molar-refractivity contribution is 0.344. The molecule has 1 atom stereocenters. The van der Waals surface area contributed by atoms with Gasteiger partial charge in [-0.2, -0.15) is 0 Å². The number of nitrogens with one attached hydrogen (secondary N) is 2. The molecule has 5 nitrogen and oxygen atoms in total. The first-order chi connectivity index (χ1) is 9.79. The Morgan fingerprint density at radius 3 is 2.75 bits per heavy atom. The molecule has 1 unspecified atom stereocenters. The van der Waals surface area contributed by atoms with Crippen molar-refractivity contribution in [3.63, 3.8) is 0 Å². The monoisotopic (exact) mass is 280 g/mol. The van der Waals surface area contributed by atoms with Crippen molar-refractivity contribution in [1.82, 2.24) is 15.5 Å². The van der Waals surface area contributed by atoms with Crippen molar-refractivity contribution in [2.75, 3.05) is 18.4 Å². The Labute approximate surface area is 121 Å². The third kappa shape index (κ3) is 4.78. The fourth-order valence-corrected chi connectivity index (χ4v) is 2.79. The molecule has 20 heavy (non-hydrogen) atoms. The maximum Gasteiger partial charge on any atom is 0.315 e. The quantitative estimate of drug-likeness (QED) is 0.763. The zero-order chi connectivity index (χ0) is 14.2. The maximum absolute atomic E-state index is 5.64. The minimum absolute atomic E-state index is 0.122. The van der Waals surface area contributed by atoms with Crippen LogP contribution in [0.4, 0.5) is 6.01 Å². The van der Waals surface area contributed by atoms with Gasteiger partial charge in [0.15, 0.2) is 0 Å². The van der Waals surface area contributed by atoms with Gasteiger partial charge < -0.3 is 15.1 Å². The Kier molecular flexibility index (Phi) is 6.30. The summed E-state index contributed by atoms with van der Waals surface area (Å²) in [4.78, 5) is 0. The van der Waals surface area contributed by atoms with Crippen LogP contribution >= 0.6 is 0 Å². The smallest absolute Gasteiger partial charge is 0.315 e. The third-order valence-electron chi connectivity index (χ3n) is 4.07. The topological polar surface area (TPSA) is 63.0 Å². The van der Waals surface area contributed by atoms with Crippen LogP contribution in [0, 0.1) is 5.92 Å². The summed E-state index contributed by atoms with van der Waals surface area (Å²) < 4.78 is 5.64. The zero-order valence-corrected chi connectivity index (χ0v) is 12.8. The summed E-state index contributed by atoms with van der Waals surface area (Å²) in [5.74, 6) is 1.54. The predicted molar refractivity (Wildman–Crippen MR) is 80.7 cm³/mol. The van der Waals surface area contributed by atoms with Crippen LogP contribution in [0.1, 0.15) is 70.7 Å². The van der Waals surface area contributed by atoms with E-state index < -0.39 is 0 Å². The Morgan fingerprint density at radius 2 is 2.00 bits per heavy atom. The second kappa shape index (κ2) is 8.25. The Morgan fingerprint density at radius 1 is 1.20 bits per heavy atom. The van der Waals surface area contributed by atoms with Crippen LogP contribution in [-0.2, 0) is 0 Å². The van der Waals surface area contributed by atoms with Gasteiger partial charge in [-0.3, -0.25) is 0 Å². The van der Waals surface area contributed by atoms with E-state index in [2.05, 4.69) is 34.7 Å². The van der Waals surface area contributed by atoms with Crippen molar-refractivity contribution in [1.29, 1.82) is 0 Å². The van der Waals surface area contributed by atoms with Gasteiger partial charge in [-0.05, 0) is 32.2 Å². The molecule has 0 amide bonds. The van der Waals surface area contributed by atoms with Crippen molar-refractivity contribution < 1.29 is 4.42 Å². The van der Waals surface area contributed by atoms with Crippen LogP contribution in [0.3, 0.4) is 0 Å². The molecule has 1 aliphatic carbocycles. The third-order valence-corrected chi connectivity index (χ3v) is 4.07. The second-order valence-corrected chi connectivity index (χ2v) is 5.84. The number of rotatable bonds is 8. The van der Waals surface area contributed by atoms with Crippen LogP contribution in [0.2, 0.25) is 0 Å². The summed E-state index contributed by atoms with van der Waals surface area (Å²) in [6, 6.07) is 0.678. The molecule has 0 bridgehead atoms. The molecule has 1 heterocycles. The molecule has 0 saturated heterocycles. The minimum atomic E-state index is 0.122. The van der Waals surface area contributed by atoms with Gasteiger partial charge in [0.25, 0.3) is 0 Å². The number of nitrogens with zero attached hydrogens (tertiary/aromatic N) is 2. The van der Waals surface area contributed by atoms with E-state index in [4.69, 9.17) is 4.42 Å². The first-order valence-corrected chi connectivity index (χ1v) is 8.10. The lowest BCUT2D eigenvalue weighted by atomic mass is 9.87. The van der Waals surface area contributed by atoms with Gasteiger partial charge in [0.1, 0.15) is 0 Å². The van der Waals surface area contributed by atoms with E-state index in [0.717, 1.165) is 25.4 Å². The molecule has 1 aromatic rings. The molecule has 5 heteroatoms. The van der Waals surface area contributed by atoms with Crippen LogP contribution in [-0.4, -0.2) is 23.3 Å². The summed E-state index contributed by atoms with van der Waals surface area (Å²) >= 11 is 0. The highest BCUT2D eigenvalue weighted by molar-refractivity contribution is 5.17. The molecule has 0 aliphatic heterocycles. The van der Waals surface area contributed by atoms with Crippen molar-refractivity contribution >= 4 is 6.01 Å². The highest BCUT2D eigenvalue weighted by atomic mass is 16.4. The van der Waals surface area contributed by atoms with Crippen LogP contribution < -0.4 is 10.6 Å². The van der Waals surface area contributed by atoms with Gasteiger partial charge >= 0.3 is 6.01 Å². The lowest BCUT2D eigenvalue weighted by Crippen LogP contribution is -2.19. The standard InChI is InChI=1S/C15H28N4O/c1-3-10-16-12(2)14-18-19-15(20-14)17-11-9-13-7-5-4-6-8-13/h12-13,16H,3-11H2,1-2H3,(H,17,19). The van der Waals surface area contributed by atoms with Crippen molar-refractivity contribution in [3.8, 4) is 0 Å². The summed E-state index contributed by atoms with van der Waals surface area (Å²) in [7, 11) is 0. The number of hydrogen-bond donors (Lipinski definition) is 2. The van der Waals surface area contributed by atoms with E-state index in [9.17, 15) is 0 Å². The lowest BCUT2D eigenvalue weighted by Gasteiger charge is -2.21. The Bertz CT molecular complexity index is 374. The number of anilines is 1. The fourth-order valence-electron chi connectivity index (χ4n) is 2.79. The molecule has 0 spiro atoms. The van der Waals surface area contributed by atoms with Crippen LogP contribution in [0.5, 0.6) is 0 Å². The molecule has 1 aromatic heterocycles. The zero-order valence-electron chi connectivity index (χ0n) is 12.8. The molecule has 2 rings (SSSR count). The van der Waals surface area contributed by atoms with Gasteiger partial charge in [0.2, 0.25) is 5.89 Å². The summed E-state index contributed by atoms with van der Waals surface area (Å²) in [6.45, 7) is 6.10. The van der Waals surface area contributed by atoms with Crippen molar-refractivity contribution in [3.05, 3.63) is 5.89 Å². The predicted octanol–water partition coefficient (Wildman–Crippen LogP) is 3.51. The average molecular weight is 280 g/mol. The molecule has 0 aromatic carbocycles. The normalized spacial score (nSPS) is 18.1. The van der Waals surface area contributed by atoms with Gasteiger partial charge in [0, 0.05) is 6.54 Å². The highest BCUT2D eigenvalue weighted by Gasteiger charge is 2.15. The van der Waals surface area contributed by atoms with Crippen LogP contribution in [0.15, 0.2) is 4.42 Å². The van der Waals surface area contributed by atoms with Crippen molar-refractivity contribution in [2.24, 2.45) is 5.92 Å². The number of aromatic nitrogens is 2. The molecule has 114 valence electrons. The molecule has 2 N–H and O–H groups in total. The molecule has 1 saturated carbocycles. The molecular weight excluding hydrogens is 252 g/mol. The SMILES string of the molecule is CCCNC(C)c1nnc(NCCC2CCCCC2)o1. The fraction of sp³-hybridized carbons (Fsp3) is 0.867. The van der Waals surface area contributed by atoms with Gasteiger partial charge in [-0.15, -0.1) is 5.10 Å². The summed E-state index contributed by atoms with van der Waals surface area (Å²) in [5.41, 5.74) is 0. The van der Waals surface area contributed by atoms with Gasteiger partial charge in [0.05, 0.1) is 6.04 Å². The van der Waals surface area contributed by atoms with E-state index in [1.165, 1.54) is 38.5 Å². The molecule has 0 radical (unpaired) electrons. The van der Waals surface area contributed by atoms with E-state index in [-0.39, 0.29) is 6.04 Å². The van der Waals surface area contributed by atoms with Gasteiger partial charge in [-0.1, -0.05) is 44.1 Å². The summed E-state index contributed by atoms with van der Waals surface area (Å²) in [6.07, 6.45) is 9.29. The number of hydrogen-bond acceptors (Lipinski definition) is 5. The van der Waals surface area contributed by atoms with E-state index in [1.807, 2.05) is 0 Å². The maximum atomic E-state index is 5.64. The molecule has 1 fully saturated rings. The van der Waals surface area contributed by atoms with E-state index in [1.54, 1.807) is 0 Å². The first-order valence-electron chi connectivity index (χ1n) is 8.10.